The van der Waals surface area contributed by atoms with Crippen LogP contribution in [-0.4, -0.2) is 10.1 Å². The molecule has 2 heteroatoms. The Morgan fingerprint density at radius 3 is 2.20 bits per heavy atom. The summed E-state index contributed by atoms with van der Waals surface area (Å²) in [5.74, 6) is 0.539. The maximum atomic E-state index is 10.4. The highest BCUT2D eigenvalue weighted by atomic mass is 16.3. The number of hydrogen-bond acceptors (Lipinski definition) is 2. The summed E-state index contributed by atoms with van der Waals surface area (Å²) < 4.78 is 0. The zero-order valence-corrected chi connectivity index (χ0v) is 12.7. The van der Waals surface area contributed by atoms with E-state index < -0.39 is 6.10 Å². The number of aromatic nitrogens is 1. The Bertz CT molecular complexity index is 572. The SMILES string of the molecule is Cc1ccc(C(O)Cc2ccc(C(C)C)cc2)c(C)n1. The van der Waals surface area contributed by atoms with Crippen LogP contribution in [-0.2, 0) is 6.42 Å². The van der Waals surface area contributed by atoms with Crippen molar-refractivity contribution in [2.45, 2.75) is 46.1 Å². The number of aliphatic hydroxyl groups excluding tert-OH is 1. The van der Waals surface area contributed by atoms with E-state index in [4.69, 9.17) is 0 Å². The summed E-state index contributed by atoms with van der Waals surface area (Å²) in [7, 11) is 0. The van der Waals surface area contributed by atoms with Gasteiger partial charge >= 0.3 is 0 Å². The van der Waals surface area contributed by atoms with Crippen LogP contribution in [0.15, 0.2) is 36.4 Å². The molecule has 1 aromatic heterocycles. The predicted molar refractivity (Wildman–Crippen MR) is 82.9 cm³/mol. The van der Waals surface area contributed by atoms with Gasteiger partial charge in [0, 0.05) is 23.4 Å². The Hall–Kier alpha value is -1.67. The summed E-state index contributed by atoms with van der Waals surface area (Å²) in [5.41, 5.74) is 5.30. The third kappa shape index (κ3) is 3.45. The minimum Gasteiger partial charge on any atom is -0.388 e. The Morgan fingerprint density at radius 2 is 1.65 bits per heavy atom. The van der Waals surface area contributed by atoms with Gasteiger partial charge in [0.15, 0.2) is 0 Å². The molecular formula is C18H23NO. The van der Waals surface area contributed by atoms with E-state index in [0.29, 0.717) is 12.3 Å². The maximum absolute atomic E-state index is 10.4. The van der Waals surface area contributed by atoms with Gasteiger partial charge in [0.05, 0.1) is 6.10 Å². The first-order chi connectivity index (χ1) is 9.47. The van der Waals surface area contributed by atoms with Crippen LogP contribution in [0.25, 0.3) is 0 Å². The Kier molecular flexibility index (Phi) is 4.56. The fourth-order valence-electron chi connectivity index (χ4n) is 2.42. The molecule has 0 saturated heterocycles. The van der Waals surface area contributed by atoms with E-state index in [2.05, 4.69) is 43.1 Å². The van der Waals surface area contributed by atoms with Gasteiger partial charge in [-0.15, -0.1) is 0 Å². The van der Waals surface area contributed by atoms with E-state index in [1.807, 2.05) is 26.0 Å². The number of nitrogens with zero attached hydrogens (tertiary/aromatic N) is 1. The second kappa shape index (κ2) is 6.19. The number of pyridine rings is 1. The van der Waals surface area contributed by atoms with Gasteiger partial charge in [0.25, 0.3) is 0 Å². The van der Waals surface area contributed by atoms with Crippen LogP contribution in [0.4, 0.5) is 0 Å². The molecule has 0 amide bonds. The molecule has 1 aromatic carbocycles. The van der Waals surface area contributed by atoms with Crippen LogP contribution in [0.1, 0.15) is 53.9 Å². The van der Waals surface area contributed by atoms with Crippen molar-refractivity contribution in [3.8, 4) is 0 Å². The van der Waals surface area contributed by atoms with Gasteiger partial charge < -0.3 is 5.11 Å². The first-order valence-corrected chi connectivity index (χ1v) is 7.18. The van der Waals surface area contributed by atoms with Crippen molar-refractivity contribution in [1.29, 1.82) is 0 Å². The third-order valence-electron chi connectivity index (χ3n) is 3.70. The molecule has 0 aliphatic heterocycles. The highest BCUT2D eigenvalue weighted by Crippen LogP contribution is 2.22. The topological polar surface area (TPSA) is 33.1 Å². The summed E-state index contributed by atoms with van der Waals surface area (Å²) >= 11 is 0. The number of aryl methyl sites for hydroxylation is 2. The molecule has 1 unspecified atom stereocenters. The van der Waals surface area contributed by atoms with E-state index in [-0.39, 0.29) is 0 Å². The molecule has 1 heterocycles. The zero-order valence-electron chi connectivity index (χ0n) is 12.7. The zero-order chi connectivity index (χ0) is 14.7. The predicted octanol–water partition coefficient (Wildman–Crippen LogP) is 4.10. The second-order valence-electron chi connectivity index (χ2n) is 5.74. The van der Waals surface area contributed by atoms with E-state index in [1.165, 1.54) is 5.56 Å². The summed E-state index contributed by atoms with van der Waals surface area (Å²) in [6.45, 7) is 8.29. The summed E-state index contributed by atoms with van der Waals surface area (Å²) in [4.78, 5) is 4.41. The van der Waals surface area contributed by atoms with Crippen LogP contribution in [0.5, 0.6) is 0 Å². The molecule has 0 bridgehead atoms. The first kappa shape index (κ1) is 14.7. The molecule has 2 nitrogen and oxygen atoms in total. The van der Waals surface area contributed by atoms with Gasteiger partial charge in [-0.2, -0.15) is 0 Å². The normalized spacial score (nSPS) is 12.7. The van der Waals surface area contributed by atoms with Crippen LogP contribution in [0.3, 0.4) is 0 Å². The standard InChI is InChI=1S/C18H23NO/c1-12(2)16-8-6-15(7-9-16)11-18(20)17-10-5-13(3)19-14(17)4/h5-10,12,18,20H,11H2,1-4H3. The van der Waals surface area contributed by atoms with Crippen LogP contribution in [0, 0.1) is 13.8 Å². The average Bonchev–Trinajstić information content (AvgIpc) is 2.39. The summed E-state index contributed by atoms with van der Waals surface area (Å²) in [6, 6.07) is 12.4. The fraction of sp³-hybridized carbons (Fsp3) is 0.389. The highest BCUT2D eigenvalue weighted by Gasteiger charge is 2.12. The largest absolute Gasteiger partial charge is 0.388 e. The molecule has 0 spiro atoms. The highest BCUT2D eigenvalue weighted by molar-refractivity contribution is 5.29. The number of aliphatic hydroxyl groups is 1. The molecule has 0 aliphatic carbocycles. The van der Waals surface area contributed by atoms with Gasteiger partial charge in [0.1, 0.15) is 0 Å². The summed E-state index contributed by atoms with van der Waals surface area (Å²) in [5, 5.41) is 10.4. The van der Waals surface area contributed by atoms with Crippen molar-refractivity contribution < 1.29 is 5.11 Å². The lowest BCUT2D eigenvalue weighted by atomic mass is 9.97. The van der Waals surface area contributed by atoms with Gasteiger partial charge in [-0.1, -0.05) is 44.2 Å². The van der Waals surface area contributed by atoms with Gasteiger partial charge in [-0.25, -0.2) is 0 Å². The minimum absolute atomic E-state index is 0.493. The number of rotatable bonds is 4. The van der Waals surface area contributed by atoms with Crippen molar-refractivity contribution in [1.82, 2.24) is 4.98 Å². The van der Waals surface area contributed by atoms with Crippen LogP contribution in [0.2, 0.25) is 0 Å². The molecule has 20 heavy (non-hydrogen) atoms. The number of hydrogen-bond donors (Lipinski definition) is 1. The molecular weight excluding hydrogens is 246 g/mol. The van der Waals surface area contributed by atoms with Crippen LogP contribution < -0.4 is 0 Å². The lowest BCUT2D eigenvalue weighted by Crippen LogP contribution is -2.05. The molecule has 106 valence electrons. The van der Waals surface area contributed by atoms with Gasteiger partial charge in [-0.3, -0.25) is 4.98 Å². The number of benzene rings is 1. The van der Waals surface area contributed by atoms with Crippen LogP contribution >= 0.6 is 0 Å². The molecule has 2 rings (SSSR count). The molecule has 2 aromatic rings. The first-order valence-electron chi connectivity index (χ1n) is 7.18. The van der Waals surface area contributed by atoms with Gasteiger partial charge in [-0.05, 0) is 37.0 Å². The van der Waals surface area contributed by atoms with Crippen molar-refractivity contribution in [3.63, 3.8) is 0 Å². The quantitative estimate of drug-likeness (QED) is 0.906. The molecule has 0 radical (unpaired) electrons. The fourth-order valence-corrected chi connectivity index (χ4v) is 2.42. The average molecular weight is 269 g/mol. The monoisotopic (exact) mass is 269 g/mol. The Morgan fingerprint density at radius 1 is 1.00 bits per heavy atom. The third-order valence-corrected chi connectivity index (χ3v) is 3.70. The van der Waals surface area contributed by atoms with E-state index in [0.717, 1.165) is 22.5 Å². The van der Waals surface area contributed by atoms with Crippen molar-refractivity contribution in [2.24, 2.45) is 0 Å². The smallest absolute Gasteiger partial charge is 0.0847 e. The molecule has 1 atom stereocenters. The molecule has 1 N–H and O–H groups in total. The van der Waals surface area contributed by atoms with E-state index in [9.17, 15) is 5.11 Å². The van der Waals surface area contributed by atoms with Crippen molar-refractivity contribution in [3.05, 3.63) is 64.5 Å². The lowest BCUT2D eigenvalue weighted by molar-refractivity contribution is 0.177. The van der Waals surface area contributed by atoms with Crippen molar-refractivity contribution in [2.75, 3.05) is 0 Å². The molecule has 0 saturated carbocycles. The second-order valence-corrected chi connectivity index (χ2v) is 5.74. The molecule has 0 fully saturated rings. The van der Waals surface area contributed by atoms with E-state index in [1.54, 1.807) is 0 Å². The molecule has 0 aliphatic rings. The van der Waals surface area contributed by atoms with E-state index >= 15 is 0 Å². The maximum Gasteiger partial charge on any atom is 0.0847 e. The Labute approximate surface area is 121 Å². The summed E-state index contributed by atoms with van der Waals surface area (Å²) in [6.07, 6.45) is 0.136. The Balaban J connectivity index is 2.12. The minimum atomic E-state index is -0.493. The lowest BCUT2D eigenvalue weighted by Gasteiger charge is -2.14. The van der Waals surface area contributed by atoms with Gasteiger partial charge in [0.2, 0.25) is 0 Å². The van der Waals surface area contributed by atoms with Crippen molar-refractivity contribution >= 4 is 0 Å².